The Balaban J connectivity index is 1.69. The van der Waals surface area contributed by atoms with Gasteiger partial charge in [0.15, 0.2) is 0 Å². The van der Waals surface area contributed by atoms with Crippen molar-refractivity contribution in [2.45, 2.75) is 43.0 Å². The van der Waals surface area contributed by atoms with Gasteiger partial charge in [-0.3, -0.25) is 9.10 Å². The Morgan fingerprint density at radius 1 is 1.07 bits per heavy atom. The average molecular weight is 449 g/mol. The monoisotopic (exact) mass is 448 g/mol. The number of anilines is 1. The number of halogens is 1. The van der Waals surface area contributed by atoms with Crippen LogP contribution in [0.15, 0.2) is 51.8 Å². The van der Waals surface area contributed by atoms with E-state index >= 15 is 0 Å². The summed E-state index contributed by atoms with van der Waals surface area (Å²) in [6, 6.07) is 12.5. The molecule has 0 bridgehead atoms. The summed E-state index contributed by atoms with van der Waals surface area (Å²) in [6.07, 6.45) is 5.34. The molecule has 1 aliphatic carbocycles. The number of rotatable bonds is 3. The Bertz CT molecular complexity index is 984. The van der Waals surface area contributed by atoms with Crippen molar-refractivity contribution < 1.29 is 13.2 Å². The lowest BCUT2D eigenvalue weighted by Crippen LogP contribution is -2.45. The van der Waals surface area contributed by atoms with Gasteiger partial charge in [-0.2, -0.15) is 0 Å². The average Bonchev–Trinajstić information content (AvgIpc) is 2.66. The van der Waals surface area contributed by atoms with Gasteiger partial charge >= 0.3 is 0 Å². The van der Waals surface area contributed by atoms with Gasteiger partial charge in [-0.15, -0.1) is 0 Å². The van der Waals surface area contributed by atoms with Crippen LogP contribution in [0.3, 0.4) is 0 Å². The van der Waals surface area contributed by atoms with Crippen molar-refractivity contribution in [2.24, 2.45) is 0 Å². The molecule has 142 valence electrons. The molecule has 1 fully saturated rings. The molecule has 27 heavy (non-hydrogen) atoms. The van der Waals surface area contributed by atoms with Crippen LogP contribution in [0.1, 0.15) is 32.1 Å². The number of benzene rings is 2. The highest BCUT2D eigenvalue weighted by atomic mass is 79.9. The fourth-order valence-corrected chi connectivity index (χ4v) is 5.93. The Hall–Kier alpha value is -1.86. The summed E-state index contributed by atoms with van der Waals surface area (Å²) in [5.41, 5.74) is 2.01. The lowest BCUT2D eigenvalue weighted by molar-refractivity contribution is -0.120. The Morgan fingerprint density at radius 2 is 1.81 bits per heavy atom. The number of hydrogen-bond acceptors (Lipinski definition) is 3. The number of nitrogens with zero attached hydrogens (tertiary/aromatic N) is 1. The molecule has 0 saturated heterocycles. The number of amides is 1. The Labute approximate surface area is 167 Å². The Kier molecular flexibility index (Phi) is 4.99. The normalized spacial score (nSPS) is 18.5. The van der Waals surface area contributed by atoms with Gasteiger partial charge in [0.2, 0.25) is 5.91 Å². The third kappa shape index (κ3) is 3.50. The maximum atomic E-state index is 13.2. The number of carbonyl (C=O) groups is 1. The maximum absolute atomic E-state index is 13.2. The second kappa shape index (κ2) is 7.28. The third-order valence-electron chi connectivity index (χ3n) is 5.23. The summed E-state index contributed by atoms with van der Waals surface area (Å²) >= 11 is 3.46. The van der Waals surface area contributed by atoms with Gasteiger partial charge in [0, 0.05) is 21.6 Å². The zero-order valence-electron chi connectivity index (χ0n) is 14.8. The van der Waals surface area contributed by atoms with Crippen molar-refractivity contribution in [3.63, 3.8) is 0 Å². The van der Waals surface area contributed by atoms with Gasteiger partial charge in [-0.05, 0) is 37.1 Å². The summed E-state index contributed by atoms with van der Waals surface area (Å²) < 4.78 is 28.5. The number of carbonyl (C=O) groups excluding carboxylic acids is 1. The first-order chi connectivity index (χ1) is 13.0. The molecule has 1 heterocycles. The molecule has 1 aliphatic heterocycles. The quantitative estimate of drug-likeness (QED) is 0.768. The number of fused-ring (bicyclic) bond motifs is 3. The summed E-state index contributed by atoms with van der Waals surface area (Å²) in [7, 11) is -3.79. The van der Waals surface area contributed by atoms with E-state index in [1.165, 1.54) is 10.7 Å². The lowest BCUT2D eigenvalue weighted by atomic mass is 9.95. The van der Waals surface area contributed by atoms with E-state index in [1.54, 1.807) is 30.3 Å². The molecule has 2 aliphatic rings. The molecule has 0 unspecified atom stereocenters. The van der Waals surface area contributed by atoms with Crippen molar-refractivity contribution in [2.75, 3.05) is 10.8 Å². The number of hydrogen-bond donors (Lipinski definition) is 1. The number of nitrogens with one attached hydrogen (secondary N) is 1. The summed E-state index contributed by atoms with van der Waals surface area (Å²) in [5.74, 6) is -0.251. The molecular weight excluding hydrogens is 428 g/mol. The van der Waals surface area contributed by atoms with Crippen molar-refractivity contribution in [3.05, 3.63) is 46.9 Å². The second-order valence-corrected chi connectivity index (χ2v) is 9.82. The molecule has 4 rings (SSSR count). The van der Waals surface area contributed by atoms with Crippen molar-refractivity contribution in [1.82, 2.24) is 5.32 Å². The minimum Gasteiger partial charge on any atom is -0.352 e. The van der Waals surface area contributed by atoms with E-state index in [1.807, 2.05) is 12.1 Å². The van der Waals surface area contributed by atoms with Gasteiger partial charge < -0.3 is 5.32 Å². The highest BCUT2D eigenvalue weighted by molar-refractivity contribution is 9.10. The predicted molar refractivity (Wildman–Crippen MR) is 109 cm³/mol. The SMILES string of the molecule is O=C(CN1c2ccc(Br)cc2-c2ccccc2S1(=O)=O)NC1CCCCC1. The first-order valence-corrected chi connectivity index (χ1v) is 11.4. The zero-order valence-corrected chi connectivity index (χ0v) is 17.2. The summed E-state index contributed by atoms with van der Waals surface area (Å²) in [6.45, 7) is -0.207. The molecule has 2 aromatic carbocycles. The largest absolute Gasteiger partial charge is 0.352 e. The van der Waals surface area contributed by atoms with E-state index in [0.29, 0.717) is 11.3 Å². The molecule has 5 nitrogen and oxygen atoms in total. The van der Waals surface area contributed by atoms with Crippen molar-refractivity contribution in [1.29, 1.82) is 0 Å². The fourth-order valence-electron chi connectivity index (χ4n) is 3.92. The Morgan fingerprint density at radius 3 is 2.59 bits per heavy atom. The first kappa shape index (κ1) is 18.5. The van der Waals surface area contributed by atoms with Gasteiger partial charge in [-0.1, -0.05) is 53.4 Å². The molecule has 1 amide bonds. The van der Waals surface area contributed by atoms with E-state index in [9.17, 15) is 13.2 Å². The lowest BCUT2D eigenvalue weighted by Gasteiger charge is -2.32. The van der Waals surface area contributed by atoms with Crippen LogP contribution in [0.25, 0.3) is 11.1 Å². The van der Waals surface area contributed by atoms with Crippen LogP contribution in [-0.4, -0.2) is 26.9 Å². The van der Waals surface area contributed by atoms with Gasteiger partial charge in [0.05, 0.1) is 10.6 Å². The molecular formula is C20H21BrN2O3S. The molecule has 0 spiro atoms. The number of sulfonamides is 1. The topological polar surface area (TPSA) is 66.5 Å². The van der Waals surface area contributed by atoms with Crippen LogP contribution >= 0.6 is 15.9 Å². The molecule has 2 aromatic rings. The molecule has 0 atom stereocenters. The van der Waals surface area contributed by atoms with Gasteiger partial charge in [-0.25, -0.2) is 8.42 Å². The molecule has 1 saturated carbocycles. The maximum Gasteiger partial charge on any atom is 0.265 e. The summed E-state index contributed by atoms with van der Waals surface area (Å²) in [5, 5.41) is 3.02. The van der Waals surface area contributed by atoms with E-state index in [-0.39, 0.29) is 23.4 Å². The molecule has 7 heteroatoms. The highest BCUT2D eigenvalue weighted by Crippen LogP contribution is 2.43. The minimum atomic E-state index is -3.79. The third-order valence-corrected chi connectivity index (χ3v) is 7.54. The van der Waals surface area contributed by atoms with Gasteiger partial charge in [0.1, 0.15) is 6.54 Å². The first-order valence-electron chi connectivity index (χ1n) is 9.18. The van der Waals surface area contributed by atoms with E-state index in [2.05, 4.69) is 21.2 Å². The zero-order chi connectivity index (χ0) is 19.0. The molecule has 1 N–H and O–H groups in total. The van der Waals surface area contributed by atoms with Crippen molar-refractivity contribution >= 4 is 37.5 Å². The van der Waals surface area contributed by atoms with Crippen LogP contribution in [0, 0.1) is 0 Å². The minimum absolute atomic E-state index is 0.149. The highest BCUT2D eigenvalue weighted by Gasteiger charge is 2.36. The molecule has 0 aromatic heterocycles. The summed E-state index contributed by atoms with van der Waals surface area (Å²) in [4.78, 5) is 12.9. The smallest absolute Gasteiger partial charge is 0.265 e. The van der Waals surface area contributed by atoms with E-state index < -0.39 is 10.0 Å². The molecule has 0 radical (unpaired) electrons. The van der Waals surface area contributed by atoms with E-state index in [0.717, 1.165) is 35.7 Å². The van der Waals surface area contributed by atoms with Crippen LogP contribution in [0.4, 0.5) is 5.69 Å². The van der Waals surface area contributed by atoms with E-state index in [4.69, 9.17) is 0 Å². The standard InChI is InChI=1S/C20H21BrN2O3S/c21-14-10-11-18-17(12-14)16-8-4-5-9-19(16)27(25,26)23(18)13-20(24)22-15-6-2-1-3-7-15/h4-5,8-12,15H,1-3,6-7,13H2,(H,22,24). The second-order valence-electron chi connectivity index (χ2n) is 7.07. The van der Waals surface area contributed by atoms with Gasteiger partial charge in [0.25, 0.3) is 10.0 Å². The van der Waals surface area contributed by atoms with Crippen LogP contribution in [-0.2, 0) is 14.8 Å². The van der Waals surface area contributed by atoms with Crippen LogP contribution < -0.4 is 9.62 Å². The van der Waals surface area contributed by atoms with Crippen LogP contribution in [0.2, 0.25) is 0 Å². The van der Waals surface area contributed by atoms with Crippen molar-refractivity contribution in [3.8, 4) is 11.1 Å². The predicted octanol–water partition coefficient (Wildman–Crippen LogP) is 4.07. The fraction of sp³-hybridized carbons (Fsp3) is 0.350. The van der Waals surface area contributed by atoms with Crippen LogP contribution in [0.5, 0.6) is 0 Å².